The van der Waals surface area contributed by atoms with Gasteiger partial charge in [-0.05, 0) is 24.0 Å². The number of nitrogens with one attached hydrogen (secondary N) is 1. The molecule has 0 spiro atoms. The largest absolute Gasteiger partial charge is 0.356 e. The second kappa shape index (κ2) is 8.40. The fraction of sp³-hybridized carbons (Fsp3) is 0.533. The smallest absolute Gasteiger partial charge is 0.193 e. The standard InChI is InChI=1S/C15H23N3.HI/c1-3-4-10-17-15(16-2)18-11-9-13-7-5-6-8-14(13)12-18;/h5-8H,3-4,9-12H2,1-2H3,(H,16,17);1H. The minimum atomic E-state index is 0. The quantitative estimate of drug-likeness (QED) is 0.382. The van der Waals surface area contributed by atoms with E-state index in [-0.39, 0.29) is 24.0 Å². The molecule has 0 aromatic heterocycles. The third kappa shape index (κ3) is 4.37. The molecule has 0 amide bonds. The molecule has 2 rings (SSSR count). The number of hydrogen-bond acceptors (Lipinski definition) is 1. The van der Waals surface area contributed by atoms with Crippen LogP contribution in [0.1, 0.15) is 30.9 Å². The molecule has 0 radical (unpaired) electrons. The second-order valence-electron chi connectivity index (χ2n) is 4.77. The van der Waals surface area contributed by atoms with Crippen LogP contribution < -0.4 is 5.32 Å². The lowest BCUT2D eigenvalue weighted by Crippen LogP contribution is -2.44. The Hall–Kier alpha value is -0.780. The zero-order valence-electron chi connectivity index (χ0n) is 11.9. The van der Waals surface area contributed by atoms with Crippen LogP contribution in [0.2, 0.25) is 0 Å². The Morgan fingerprint density at radius 2 is 2.05 bits per heavy atom. The molecule has 4 heteroatoms. The number of guanidine groups is 1. The fourth-order valence-electron chi connectivity index (χ4n) is 2.39. The van der Waals surface area contributed by atoms with Crippen molar-refractivity contribution in [2.24, 2.45) is 4.99 Å². The minimum Gasteiger partial charge on any atom is -0.356 e. The second-order valence-corrected chi connectivity index (χ2v) is 4.77. The van der Waals surface area contributed by atoms with E-state index in [1.54, 1.807) is 0 Å². The van der Waals surface area contributed by atoms with Gasteiger partial charge in [-0.25, -0.2) is 0 Å². The van der Waals surface area contributed by atoms with Crippen LogP contribution in [0.5, 0.6) is 0 Å². The van der Waals surface area contributed by atoms with Gasteiger partial charge in [0, 0.05) is 26.7 Å². The van der Waals surface area contributed by atoms with E-state index in [0.717, 1.165) is 32.0 Å². The van der Waals surface area contributed by atoms with Gasteiger partial charge in [-0.3, -0.25) is 4.99 Å². The number of halogens is 1. The average molecular weight is 373 g/mol. The van der Waals surface area contributed by atoms with Gasteiger partial charge in [-0.2, -0.15) is 0 Å². The van der Waals surface area contributed by atoms with Crippen molar-refractivity contribution in [3.63, 3.8) is 0 Å². The SMILES string of the molecule is CCCCNC(=NC)N1CCc2ccccc2C1.I. The van der Waals surface area contributed by atoms with Gasteiger partial charge < -0.3 is 10.2 Å². The third-order valence-electron chi connectivity index (χ3n) is 3.46. The zero-order chi connectivity index (χ0) is 12.8. The van der Waals surface area contributed by atoms with Crippen molar-refractivity contribution in [2.45, 2.75) is 32.7 Å². The summed E-state index contributed by atoms with van der Waals surface area (Å²) in [7, 11) is 1.87. The Labute approximate surface area is 133 Å². The van der Waals surface area contributed by atoms with Gasteiger partial charge in [0.05, 0.1) is 0 Å². The van der Waals surface area contributed by atoms with E-state index < -0.39 is 0 Å². The van der Waals surface area contributed by atoms with E-state index in [1.165, 1.54) is 24.0 Å². The molecule has 3 nitrogen and oxygen atoms in total. The normalized spacial score (nSPS) is 14.6. The number of nitrogens with zero attached hydrogens (tertiary/aromatic N) is 2. The van der Waals surface area contributed by atoms with Gasteiger partial charge >= 0.3 is 0 Å². The molecule has 0 atom stereocenters. The van der Waals surface area contributed by atoms with E-state index >= 15 is 0 Å². The van der Waals surface area contributed by atoms with Crippen LogP contribution in [0.3, 0.4) is 0 Å². The molecule has 0 aliphatic carbocycles. The first-order valence-corrected chi connectivity index (χ1v) is 6.87. The number of fused-ring (bicyclic) bond motifs is 1. The molecular weight excluding hydrogens is 349 g/mol. The molecule has 1 aromatic carbocycles. The van der Waals surface area contributed by atoms with Crippen LogP contribution in [0.4, 0.5) is 0 Å². The molecule has 0 bridgehead atoms. The molecule has 1 aliphatic heterocycles. The highest BCUT2D eigenvalue weighted by molar-refractivity contribution is 14.0. The Morgan fingerprint density at radius 1 is 1.32 bits per heavy atom. The highest BCUT2D eigenvalue weighted by Gasteiger charge is 2.17. The van der Waals surface area contributed by atoms with Gasteiger partial charge in [0.15, 0.2) is 5.96 Å². The Bertz CT molecular complexity index is 418. The third-order valence-corrected chi connectivity index (χ3v) is 3.46. The maximum atomic E-state index is 4.39. The molecule has 1 heterocycles. The summed E-state index contributed by atoms with van der Waals surface area (Å²) in [5.41, 5.74) is 2.92. The van der Waals surface area contributed by atoms with Gasteiger partial charge in [0.25, 0.3) is 0 Å². The summed E-state index contributed by atoms with van der Waals surface area (Å²) in [6, 6.07) is 8.71. The number of unbranched alkanes of at least 4 members (excludes halogenated alkanes) is 1. The molecule has 0 saturated heterocycles. The number of rotatable bonds is 3. The van der Waals surface area contributed by atoms with Crippen LogP contribution in [0, 0.1) is 0 Å². The minimum absolute atomic E-state index is 0. The van der Waals surface area contributed by atoms with E-state index in [1.807, 2.05) is 7.05 Å². The van der Waals surface area contributed by atoms with Crippen LogP contribution in [0.25, 0.3) is 0 Å². The molecule has 0 saturated carbocycles. The van der Waals surface area contributed by atoms with E-state index in [2.05, 4.69) is 46.4 Å². The summed E-state index contributed by atoms with van der Waals surface area (Å²) in [5.74, 6) is 1.04. The van der Waals surface area contributed by atoms with Crippen molar-refractivity contribution >= 4 is 29.9 Å². The van der Waals surface area contributed by atoms with E-state index in [9.17, 15) is 0 Å². The van der Waals surface area contributed by atoms with Crippen LogP contribution in [-0.2, 0) is 13.0 Å². The van der Waals surface area contributed by atoms with Crippen LogP contribution in [-0.4, -0.2) is 31.0 Å². The highest BCUT2D eigenvalue weighted by atomic mass is 127. The monoisotopic (exact) mass is 373 g/mol. The number of benzene rings is 1. The molecular formula is C15H24IN3. The Kier molecular flexibility index (Phi) is 7.20. The summed E-state index contributed by atoms with van der Waals surface area (Å²) in [6.07, 6.45) is 3.53. The van der Waals surface area contributed by atoms with Crippen molar-refractivity contribution in [3.8, 4) is 0 Å². The molecule has 0 unspecified atom stereocenters. The summed E-state index contributed by atoms with van der Waals surface area (Å²) >= 11 is 0. The fourth-order valence-corrected chi connectivity index (χ4v) is 2.39. The van der Waals surface area contributed by atoms with Crippen LogP contribution >= 0.6 is 24.0 Å². The lowest BCUT2D eigenvalue weighted by molar-refractivity contribution is 0.378. The summed E-state index contributed by atoms with van der Waals surface area (Å²) in [6.45, 7) is 5.26. The number of hydrogen-bond donors (Lipinski definition) is 1. The first-order chi connectivity index (χ1) is 8.85. The predicted octanol–water partition coefficient (Wildman–Crippen LogP) is 3.04. The van der Waals surface area contributed by atoms with Crippen molar-refractivity contribution in [3.05, 3.63) is 35.4 Å². The van der Waals surface area contributed by atoms with Gasteiger partial charge in [-0.1, -0.05) is 37.6 Å². The topological polar surface area (TPSA) is 27.6 Å². The van der Waals surface area contributed by atoms with E-state index in [0.29, 0.717) is 0 Å². The summed E-state index contributed by atoms with van der Waals surface area (Å²) in [5, 5.41) is 3.45. The predicted molar refractivity (Wildman–Crippen MR) is 92.2 cm³/mol. The lowest BCUT2D eigenvalue weighted by atomic mass is 10.0. The van der Waals surface area contributed by atoms with Gasteiger partial charge in [0.1, 0.15) is 0 Å². The first-order valence-electron chi connectivity index (χ1n) is 6.87. The lowest BCUT2D eigenvalue weighted by Gasteiger charge is -2.31. The molecule has 19 heavy (non-hydrogen) atoms. The molecule has 1 aliphatic rings. The maximum Gasteiger partial charge on any atom is 0.193 e. The first kappa shape index (κ1) is 16.3. The highest BCUT2D eigenvalue weighted by Crippen LogP contribution is 2.18. The van der Waals surface area contributed by atoms with Crippen molar-refractivity contribution in [2.75, 3.05) is 20.1 Å². The molecule has 106 valence electrons. The molecule has 1 N–H and O–H groups in total. The summed E-state index contributed by atoms with van der Waals surface area (Å²) < 4.78 is 0. The Morgan fingerprint density at radius 3 is 2.74 bits per heavy atom. The average Bonchev–Trinajstić information content (AvgIpc) is 2.43. The van der Waals surface area contributed by atoms with Crippen molar-refractivity contribution in [1.82, 2.24) is 10.2 Å². The Balaban J connectivity index is 0.00000180. The zero-order valence-corrected chi connectivity index (χ0v) is 14.2. The maximum absolute atomic E-state index is 4.39. The summed E-state index contributed by atoms with van der Waals surface area (Å²) in [4.78, 5) is 6.73. The van der Waals surface area contributed by atoms with Crippen molar-refractivity contribution < 1.29 is 0 Å². The van der Waals surface area contributed by atoms with E-state index in [4.69, 9.17) is 0 Å². The van der Waals surface area contributed by atoms with Gasteiger partial charge in [0.2, 0.25) is 0 Å². The van der Waals surface area contributed by atoms with Crippen LogP contribution in [0.15, 0.2) is 29.3 Å². The molecule has 0 fully saturated rings. The number of aliphatic imine (C=N–C) groups is 1. The van der Waals surface area contributed by atoms with Crippen molar-refractivity contribution in [1.29, 1.82) is 0 Å². The molecule has 1 aromatic rings. The van der Waals surface area contributed by atoms with Gasteiger partial charge in [-0.15, -0.1) is 24.0 Å².